The highest BCUT2D eigenvalue weighted by molar-refractivity contribution is 5.98. The van der Waals surface area contributed by atoms with Crippen LogP contribution in [-0.4, -0.2) is 39.4 Å². The molecule has 0 saturated carbocycles. The number of benzene rings is 1. The third-order valence-corrected chi connectivity index (χ3v) is 4.02. The summed E-state index contributed by atoms with van der Waals surface area (Å²) in [5.41, 5.74) is 1.17. The van der Waals surface area contributed by atoms with E-state index >= 15 is 0 Å². The fraction of sp³-hybridized carbons (Fsp3) is 0.467. The Hall–Kier alpha value is -2.44. The minimum absolute atomic E-state index is 0.127. The number of carbonyl (C=O) groups is 2. The number of carboxylic acids is 1. The zero-order chi connectivity index (χ0) is 16.4. The number of nitro groups is 1. The summed E-state index contributed by atoms with van der Waals surface area (Å²) in [6, 6.07) is 1.98. The quantitative estimate of drug-likeness (QED) is 0.682. The van der Waals surface area contributed by atoms with Gasteiger partial charge in [-0.3, -0.25) is 14.9 Å². The number of piperidine rings is 1. The molecule has 1 aliphatic rings. The van der Waals surface area contributed by atoms with Gasteiger partial charge in [0.1, 0.15) is 6.04 Å². The summed E-state index contributed by atoms with van der Waals surface area (Å²) in [5.74, 6) is -1.49. The molecule has 1 N–H and O–H groups in total. The highest BCUT2D eigenvalue weighted by Crippen LogP contribution is 2.26. The molecule has 1 aliphatic heterocycles. The van der Waals surface area contributed by atoms with E-state index in [9.17, 15) is 24.8 Å². The molecule has 1 amide bonds. The molecular formula is C15H18N2O5. The molecule has 22 heavy (non-hydrogen) atoms. The van der Waals surface area contributed by atoms with Crippen molar-refractivity contribution in [2.45, 2.75) is 39.2 Å². The lowest BCUT2D eigenvalue weighted by molar-refractivity contribution is -0.385. The minimum Gasteiger partial charge on any atom is -0.480 e. The molecule has 0 aromatic heterocycles. The molecule has 7 nitrogen and oxygen atoms in total. The first-order valence-corrected chi connectivity index (χ1v) is 7.12. The Bertz CT molecular complexity index is 641. The first-order valence-electron chi connectivity index (χ1n) is 7.12. The van der Waals surface area contributed by atoms with Gasteiger partial charge < -0.3 is 10.0 Å². The number of carbonyl (C=O) groups excluding carboxylic acids is 1. The summed E-state index contributed by atoms with van der Waals surface area (Å²) >= 11 is 0. The van der Waals surface area contributed by atoms with Crippen molar-refractivity contribution in [3.05, 3.63) is 38.9 Å². The molecule has 0 bridgehead atoms. The van der Waals surface area contributed by atoms with Crippen LogP contribution in [0.3, 0.4) is 0 Å². The molecule has 0 radical (unpaired) electrons. The maximum absolute atomic E-state index is 12.7. The molecule has 1 atom stereocenters. The molecule has 2 rings (SSSR count). The van der Waals surface area contributed by atoms with Crippen molar-refractivity contribution in [1.82, 2.24) is 4.90 Å². The van der Waals surface area contributed by atoms with E-state index in [0.717, 1.165) is 12.8 Å². The van der Waals surface area contributed by atoms with Gasteiger partial charge in [0.2, 0.25) is 0 Å². The van der Waals surface area contributed by atoms with Crippen molar-refractivity contribution in [1.29, 1.82) is 0 Å². The number of nitrogens with zero attached hydrogens (tertiary/aromatic N) is 2. The first-order chi connectivity index (χ1) is 10.3. The standard InChI is InChI=1S/C15H18N2O5/c1-9-7-10(2)13(17(21)22)8-11(9)14(18)16-6-4-3-5-12(16)15(19)20/h7-8,12H,3-6H2,1-2H3,(H,19,20)/t12-/m1/s1. The summed E-state index contributed by atoms with van der Waals surface area (Å²) in [7, 11) is 0. The molecule has 0 unspecified atom stereocenters. The summed E-state index contributed by atoms with van der Waals surface area (Å²) in [6.45, 7) is 3.67. The number of aliphatic carboxylic acids is 1. The number of carboxylic acid groups (broad SMARTS) is 1. The predicted molar refractivity (Wildman–Crippen MR) is 78.9 cm³/mol. The van der Waals surface area contributed by atoms with Crippen LogP contribution in [0.2, 0.25) is 0 Å². The topological polar surface area (TPSA) is 101 Å². The fourth-order valence-corrected chi connectivity index (χ4v) is 2.85. The van der Waals surface area contributed by atoms with Gasteiger partial charge >= 0.3 is 5.97 Å². The molecule has 118 valence electrons. The largest absolute Gasteiger partial charge is 0.480 e. The highest BCUT2D eigenvalue weighted by atomic mass is 16.6. The summed E-state index contributed by atoms with van der Waals surface area (Å²) in [5, 5.41) is 20.3. The number of amides is 1. The molecule has 1 fully saturated rings. The number of hydrogen-bond acceptors (Lipinski definition) is 4. The summed E-state index contributed by atoms with van der Waals surface area (Å²) in [6.07, 6.45) is 1.91. The predicted octanol–water partition coefficient (Wildman–Crippen LogP) is 2.29. The maximum Gasteiger partial charge on any atom is 0.326 e. The Kier molecular flexibility index (Phi) is 4.44. The molecule has 1 heterocycles. The van der Waals surface area contributed by atoms with Crippen LogP contribution in [-0.2, 0) is 4.79 Å². The van der Waals surface area contributed by atoms with Gasteiger partial charge in [0.25, 0.3) is 11.6 Å². The van der Waals surface area contributed by atoms with Crippen molar-refractivity contribution in [2.75, 3.05) is 6.54 Å². The summed E-state index contributed by atoms with van der Waals surface area (Å²) in [4.78, 5) is 35.8. The van der Waals surface area contributed by atoms with Crippen molar-refractivity contribution in [3.8, 4) is 0 Å². The van der Waals surface area contributed by atoms with Crippen LogP contribution in [0, 0.1) is 24.0 Å². The molecular weight excluding hydrogens is 288 g/mol. The smallest absolute Gasteiger partial charge is 0.326 e. The van der Waals surface area contributed by atoms with E-state index in [2.05, 4.69) is 0 Å². The van der Waals surface area contributed by atoms with Gasteiger partial charge in [-0.1, -0.05) is 0 Å². The minimum atomic E-state index is -1.03. The average Bonchev–Trinajstić information content (AvgIpc) is 2.46. The number of aryl methyl sites for hydroxylation is 2. The van der Waals surface area contributed by atoms with Crippen LogP contribution >= 0.6 is 0 Å². The van der Waals surface area contributed by atoms with Gasteiger partial charge in [-0.05, 0) is 44.7 Å². The van der Waals surface area contributed by atoms with Crippen LogP contribution in [0.25, 0.3) is 0 Å². The van der Waals surface area contributed by atoms with E-state index in [-0.39, 0.29) is 11.3 Å². The lowest BCUT2D eigenvalue weighted by atomic mass is 9.98. The Labute approximate surface area is 127 Å². The molecule has 0 spiro atoms. The van der Waals surface area contributed by atoms with E-state index in [4.69, 9.17) is 0 Å². The molecule has 0 aliphatic carbocycles. The van der Waals surface area contributed by atoms with Crippen molar-refractivity contribution in [2.24, 2.45) is 0 Å². The number of nitro benzene ring substituents is 1. The van der Waals surface area contributed by atoms with Crippen molar-refractivity contribution >= 4 is 17.6 Å². The summed E-state index contributed by atoms with van der Waals surface area (Å²) < 4.78 is 0. The number of hydrogen-bond donors (Lipinski definition) is 1. The van der Waals surface area contributed by atoms with Crippen LogP contribution in [0.5, 0.6) is 0 Å². The number of rotatable bonds is 3. The van der Waals surface area contributed by atoms with Crippen LogP contribution in [0.4, 0.5) is 5.69 Å². The Balaban J connectivity index is 2.42. The average molecular weight is 306 g/mol. The van der Waals surface area contributed by atoms with Gasteiger partial charge in [-0.15, -0.1) is 0 Å². The van der Waals surface area contributed by atoms with Gasteiger partial charge in [0, 0.05) is 23.7 Å². The molecule has 7 heteroatoms. The third-order valence-electron chi connectivity index (χ3n) is 4.02. The van der Waals surface area contributed by atoms with E-state index in [1.807, 2.05) is 0 Å². The first kappa shape index (κ1) is 15.9. The molecule has 1 saturated heterocycles. The molecule has 1 aromatic carbocycles. The zero-order valence-electron chi connectivity index (χ0n) is 12.5. The zero-order valence-corrected chi connectivity index (χ0v) is 12.5. The Morgan fingerprint density at radius 2 is 1.95 bits per heavy atom. The Morgan fingerprint density at radius 3 is 2.55 bits per heavy atom. The van der Waals surface area contributed by atoms with Gasteiger partial charge in [0.05, 0.1) is 4.92 Å². The van der Waals surface area contributed by atoms with Crippen molar-refractivity contribution in [3.63, 3.8) is 0 Å². The van der Waals surface area contributed by atoms with Crippen molar-refractivity contribution < 1.29 is 19.6 Å². The second kappa shape index (κ2) is 6.13. The Morgan fingerprint density at radius 1 is 1.27 bits per heavy atom. The maximum atomic E-state index is 12.7. The van der Waals surface area contributed by atoms with E-state index in [1.54, 1.807) is 19.9 Å². The number of likely N-dealkylation sites (tertiary alicyclic amines) is 1. The van der Waals surface area contributed by atoms with Crippen LogP contribution in [0.1, 0.15) is 40.7 Å². The van der Waals surface area contributed by atoms with Gasteiger partial charge in [-0.2, -0.15) is 0 Å². The molecule has 1 aromatic rings. The van der Waals surface area contributed by atoms with E-state index in [1.165, 1.54) is 11.0 Å². The lowest BCUT2D eigenvalue weighted by Gasteiger charge is -2.33. The fourth-order valence-electron chi connectivity index (χ4n) is 2.85. The van der Waals surface area contributed by atoms with Gasteiger partial charge in [-0.25, -0.2) is 4.79 Å². The van der Waals surface area contributed by atoms with Crippen LogP contribution in [0.15, 0.2) is 12.1 Å². The lowest BCUT2D eigenvalue weighted by Crippen LogP contribution is -2.48. The third kappa shape index (κ3) is 2.93. The second-order valence-electron chi connectivity index (χ2n) is 5.56. The van der Waals surface area contributed by atoms with Crippen LogP contribution < -0.4 is 0 Å². The van der Waals surface area contributed by atoms with E-state index < -0.39 is 22.8 Å². The monoisotopic (exact) mass is 306 g/mol. The van der Waals surface area contributed by atoms with E-state index in [0.29, 0.717) is 24.1 Å². The SMILES string of the molecule is Cc1cc(C)c([N+](=O)[O-])cc1C(=O)N1CCCC[C@@H]1C(=O)O. The highest BCUT2D eigenvalue weighted by Gasteiger charge is 2.33. The normalized spacial score (nSPS) is 18.1. The van der Waals surface area contributed by atoms with Gasteiger partial charge in [0.15, 0.2) is 0 Å². The second-order valence-corrected chi connectivity index (χ2v) is 5.56.